The average molecular weight is 487 g/mol. The first-order valence-electron chi connectivity index (χ1n) is 12.0. The van der Waals surface area contributed by atoms with E-state index >= 15 is 0 Å². The van der Waals surface area contributed by atoms with Gasteiger partial charge in [0.2, 0.25) is 11.8 Å². The van der Waals surface area contributed by atoms with E-state index in [-0.39, 0.29) is 11.9 Å². The second kappa shape index (κ2) is 11.1. The van der Waals surface area contributed by atoms with E-state index in [4.69, 9.17) is 9.15 Å². The Morgan fingerprint density at radius 2 is 1.97 bits per heavy atom. The molecule has 0 saturated carbocycles. The summed E-state index contributed by atoms with van der Waals surface area (Å²) in [5.41, 5.74) is 3.21. The second-order valence-corrected chi connectivity index (χ2v) is 8.77. The fourth-order valence-electron chi connectivity index (χ4n) is 4.49. The third-order valence-electron chi connectivity index (χ3n) is 6.23. The minimum absolute atomic E-state index is 0.248. The summed E-state index contributed by atoms with van der Waals surface area (Å²) in [6.07, 6.45) is 7.68. The Bertz CT molecular complexity index is 1290. The zero-order chi connectivity index (χ0) is 25.7. The van der Waals surface area contributed by atoms with Crippen LogP contribution in [0.1, 0.15) is 42.5 Å². The van der Waals surface area contributed by atoms with Crippen LogP contribution in [-0.4, -0.2) is 39.5 Å². The van der Waals surface area contributed by atoms with E-state index < -0.39 is 12.0 Å². The number of carbonyl (C=O) groups excluding carboxylic acids is 1. The molecule has 0 radical (unpaired) electrons. The number of fused-ring (bicyclic) bond motifs is 1. The largest absolute Gasteiger partial charge is 0.493 e. The molecule has 4 rings (SSSR count). The van der Waals surface area contributed by atoms with Crippen LogP contribution >= 0.6 is 0 Å². The Morgan fingerprint density at radius 3 is 2.69 bits per heavy atom. The van der Waals surface area contributed by atoms with Crippen LogP contribution in [-0.2, 0) is 22.4 Å². The maximum atomic E-state index is 12.9. The number of carboxylic acid groups (broad SMARTS) is 1. The van der Waals surface area contributed by atoms with E-state index in [1.807, 2.05) is 63.2 Å². The topological polar surface area (TPSA) is 92.9 Å². The van der Waals surface area contributed by atoms with Gasteiger partial charge in [-0.1, -0.05) is 42.5 Å². The molecule has 36 heavy (non-hydrogen) atoms. The molecule has 7 heteroatoms. The van der Waals surface area contributed by atoms with Crippen molar-refractivity contribution in [2.75, 3.05) is 6.61 Å². The molecule has 1 aromatic heterocycles. The maximum Gasteiger partial charge on any atom is 0.331 e. The van der Waals surface area contributed by atoms with E-state index in [0.29, 0.717) is 36.7 Å². The molecule has 0 fully saturated rings. The molecule has 3 aromatic rings. The molecule has 0 spiro atoms. The van der Waals surface area contributed by atoms with Crippen molar-refractivity contribution in [1.82, 2.24) is 9.88 Å². The summed E-state index contributed by atoms with van der Waals surface area (Å²) < 4.78 is 11.8. The van der Waals surface area contributed by atoms with Crippen molar-refractivity contribution in [3.8, 4) is 17.2 Å². The number of rotatable bonds is 8. The summed E-state index contributed by atoms with van der Waals surface area (Å²) in [5, 5.41) is 10.0. The maximum absolute atomic E-state index is 12.9. The number of amides is 1. The van der Waals surface area contributed by atoms with E-state index in [1.54, 1.807) is 24.3 Å². The van der Waals surface area contributed by atoms with Gasteiger partial charge in [0, 0.05) is 24.1 Å². The summed E-state index contributed by atoms with van der Waals surface area (Å²) in [6, 6.07) is 13.9. The zero-order valence-electron chi connectivity index (χ0n) is 20.7. The number of aryl methyl sites for hydroxylation is 1. The van der Waals surface area contributed by atoms with Crippen molar-refractivity contribution in [3.63, 3.8) is 0 Å². The fourth-order valence-corrected chi connectivity index (χ4v) is 4.49. The van der Waals surface area contributed by atoms with Crippen molar-refractivity contribution in [3.05, 3.63) is 95.4 Å². The predicted molar refractivity (Wildman–Crippen MR) is 137 cm³/mol. The van der Waals surface area contributed by atoms with Crippen molar-refractivity contribution in [1.29, 1.82) is 0 Å². The van der Waals surface area contributed by atoms with Gasteiger partial charge in [-0.25, -0.2) is 9.78 Å². The van der Waals surface area contributed by atoms with Gasteiger partial charge < -0.3 is 19.2 Å². The molecule has 2 atom stereocenters. The van der Waals surface area contributed by atoms with Crippen LogP contribution in [0, 0.1) is 6.92 Å². The van der Waals surface area contributed by atoms with Crippen LogP contribution in [0.5, 0.6) is 5.75 Å². The summed E-state index contributed by atoms with van der Waals surface area (Å²) in [7, 11) is 0. The third-order valence-corrected chi connectivity index (χ3v) is 6.23. The van der Waals surface area contributed by atoms with Gasteiger partial charge in [-0.15, -0.1) is 0 Å². The first-order chi connectivity index (χ1) is 17.4. The molecule has 0 aliphatic carbocycles. The number of carboxylic acids is 1. The molecule has 0 bridgehead atoms. The lowest BCUT2D eigenvalue weighted by molar-refractivity contribution is -0.151. The molecule has 0 saturated heterocycles. The van der Waals surface area contributed by atoms with Crippen molar-refractivity contribution in [2.45, 2.75) is 45.7 Å². The number of hydrogen-bond acceptors (Lipinski definition) is 5. The van der Waals surface area contributed by atoms with Crippen LogP contribution < -0.4 is 4.74 Å². The summed E-state index contributed by atoms with van der Waals surface area (Å²) in [4.78, 5) is 31.2. The lowest BCUT2D eigenvalue weighted by Gasteiger charge is -2.39. The summed E-state index contributed by atoms with van der Waals surface area (Å²) in [6.45, 7) is 5.95. The SMILES string of the molecule is CC=CC=CC(=O)N1C(C(=O)O)c2cc(OCCc3nc(-c4ccccc4)oc3C)ccc2C[C@@H]1C. The lowest BCUT2D eigenvalue weighted by atomic mass is 9.88. The standard InChI is InChI=1S/C29H30N2O5/c1-4-5-7-12-26(32)31-19(2)17-22-13-14-23(18-24(22)27(31)29(33)34)35-16-15-25-20(3)36-28(30-25)21-10-8-6-9-11-21/h4-14,18-19,27H,15-17H2,1-3H3,(H,33,34)/t19-,27?/m0/s1. The number of aromatic nitrogens is 1. The second-order valence-electron chi connectivity index (χ2n) is 8.77. The molecular weight excluding hydrogens is 456 g/mol. The number of nitrogens with zero attached hydrogens (tertiary/aromatic N) is 2. The highest BCUT2D eigenvalue weighted by atomic mass is 16.5. The number of hydrogen-bond donors (Lipinski definition) is 1. The molecule has 1 amide bonds. The predicted octanol–water partition coefficient (Wildman–Crippen LogP) is 5.30. The molecule has 1 N–H and O–H groups in total. The van der Waals surface area contributed by atoms with Crippen molar-refractivity contribution < 1.29 is 23.8 Å². The number of ether oxygens (including phenoxy) is 1. The van der Waals surface area contributed by atoms with E-state index in [2.05, 4.69) is 4.98 Å². The van der Waals surface area contributed by atoms with Crippen molar-refractivity contribution in [2.24, 2.45) is 0 Å². The van der Waals surface area contributed by atoms with E-state index in [0.717, 1.165) is 22.6 Å². The van der Waals surface area contributed by atoms with Gasteiger partial charge in [0.25, 0.3) is 0 Å². The van der Waals surface area contributed by atoms with Crippen LogP contribution in [0.4, 0.5) is 0 Å². The average Bonchev–Trinajstić information content (AvgIpc) is 3.24. The van der Waals surface area contributed by atoms with Gasteiger partial charge in [-0.05, 0) is 62.6 Å². The number of aliphatic carboxylic acids is 1. The van der Waals surface area contributed by atoms with Gasteiger partial charge in [-0.3, -0.25) is 4.79 Å². The highest BCUT2D eigenvalue weighted by Gasteiger charge is 2.39. The molecule has 186 valence electrons. The fraction of sp³-hybridized carbons (Fsp3) is 0.276. The molecule has 1 aliphatic rings. The Kier molecular flexibility index (Phi) is 7.68. The Morgan fingerprint density at radius 1 is 1.19 bits per heavy atom. The number of allylic oxidation sites excluding steroid dienone is 3. The minimum atomic E-state index is -1.08. The normalized spacial score (nSPS) is 17.5. The molecular formula is C29H30N2O5. The zero-order valence-corrected chi connectivity index (χ0v) is 20.7. The smallest absolute Gasteiger partial charge is 0.331 e. The van der Waals surface area contributed by atoms with Crippen LogP contribution in [0.25, 0.3) is 11.5 Å². The van der Waals surface area contributed by atoms with Gasteiger partial charge in [0.1, 0.15) is 11.5 Å². The molecule has 1 aliphatic heterocycles. The van der Waals surface area contributed by atoms with Gasteiger partial charge in [-0.2, -0.15) is 0 Å². The molecule has 2 aromatic carbocycles. The highest BCUT2D eigenvalue weighted by Crippen LogP contribution is 2.36. The van der Waals surface area contributed by atoms with Gasteiger partial charge in [0.15, 0.2) is 6.04 Å². The van der Waals surface area contributed by atoms with Gasteiger partial charge in [0.05, 0.1) is 12.3 Å². The van der Waals surface area contributed by atoms with E-state index in [1.165, 1.54) is 11.0 Å². The Labute approximate surface area is 210 Å². The lowest BCUT2D eigenvalue weighted by Crippen LogP contribution is -2.48. The molecule has 1 unspecified atom stereocenters. The van der Waals surface area contributed by atoms with Crippen molar-refractivity contribution >= 4 is 11.9 Å². The van der Waals surface area contributed by atoms with Crippen LogP contribution in [0.3, 0.4) is 0 Å². The Hall–Kier alpha value is -4.13. The van der Waals surface area contributed by atoms with E-state index in [9.17, 15) is 14.7 Å². The first-order valence-corrected chi connectivity index (χ1v) is 12.0. The summed E-state index contributed by atoms with van der Waals surface area (Å²) >= 11 is 0. The number of oxazole rings is 1. The third kappa shape index (κ3) is 5.40. The molecule has 2 heterocycles. The summed E-state index contributed by atoms with van der Waals surface area (Å²) in [5.74, 6) is 0.461. The minimum Gasteiger partial charge on any atom is -0.493 e. The number of carbonyl (C=O) groups is 2. The van der Waals surface area contributed by atoms with Crippen LogP contribution in [0.2, 0.25) is 0 Å². The quantitative estimate of drug-likeness (QED) is 0.343. The molecule has 7 nitrogen and oxygen atoms in total. The van der Waals surface area contributed by atoms with Crippen LogP contribution in [0.15, 0.2) is 77.3 Å². The Balaban J connectivity index is 1.49. The monoisotopic (exact) mass is 486 g/mol. The van der Waals surface area contributed by atoms with Gasteiger partial charge >= 0.3 is 5.97 Å². The number of benzene rings is 2. The first kappa shape index (κ1) is 25.0. The highest BCUT2D eigenvalue weighted by molar-refractivity contribution is 5.92.